The highest BCUT2D eigenvalue weighted by atomic mass is 16.2. The van der Waals surface area contributed by atoms with Gasteiger partial charge in [-0.15, -0.1) is 0 Å². The van der Waals surface area contributed by atoms with E-state index in [1.54, 1.807) is 0 Å². The molecule has 0 radical (unpaired) electrons. The first-order valence-corrected chi connectivity index (χ1v) is 8.23. The molecule has 1 heterocycles. The Balaban J connectivity index is 1.94. The third-order valence-electron chi connectivity index (χ3n) is 4.59. The summed E-state index contributed by atoms with van der Waals surface area (Å²) in [5.41, 5.74) is 3.09. The Morgan fingerprint density at radius 1 is 1.00 bits per heavy atom. The minimum atomic E-state index is -0.961. The number of hydrogen-bond donors (Lipinski definition) is 1. The number of nitrogens with zero attached hydrogens (tertiary/aromatic N) is 1. The van der Waals surface area contributed by atoms with E-state index < -0.39 is 5.54 Å². The standard InChI is InChI=1S/C20H22N2O2/c1-4-20(17-8-6-5-7-9-17)18(23)22(19(24)21-20)13-16-11-14(2)10-15(3)12-16/h5-12H,4,13H2,1-3H3,(H,21,24)/t20-/m1/s1. The summed E-state index contributed by atoms with van der Waals surface area (Å²) in [7, 11) is 0. The minimum Gasteiger partial charge on any atom is -0.319 e. The van der Waals surface area contributed by atoms with E-state index in [9.17, 15) is 9.59 Å². The summed E-state index contributed by atoms with van der Waals surface area (Å²) < 4.78 is 0. The zero-order valence-electron chi connectivity index (χ0n) is 14.3. The molecule has 2 aromatic carbocycles. The maximum absolute atomic E-state index is 13.1. The van der Waals surface area contributed by atoms with Crippen LogP contribution in [0.25, 0.3) is 0 Å². The van der Waals surface area contributed by atoms with Crippen molar-refractivity contribution in [3.63, 3.8) is 0 Å². The highest BCUT2D eigenvalue weighted by Gasteiger charge is 2.50. The van der Waals surface area contributed by atoms with Crippen LogP contribution in [0.3, 0.4) is 0 Å². The van der Waals surface area contributed by atoms with Crippen molar-refractivity contribution in [2.75, 3.05) is 0 Å². The van der Waals surface area contributed by atoms with E-state index in [1.807, 2.05) is 63.2 Å². The van der Waals surface area contributed by atoms with E-state index in [-0.39, 0.29) is 11.9 Å². The van der Waals surface area contributed by atoms with Gasteiger partial charge in [0.15, 0.2) is 0 Å². The fraction of sp³-hybridized carbons (Fsp3) is 0.300. The quantitative estimate of drug-likeness (QED) is 0.873. The van der Waals surface area contributed by atoms with Gasteiger partial charge in [-0.25, -0.2) is 4.79 Å². The van der Waals surface area contributed by atoms with Crippen LogP contribution in [-0.4, -0.2) is 16.8 Å². The molecule has 24 heavy (non-hydrogen) atoms. The van der Waals surface area contributed by atoms with Gasteiger partial charge in [-0.3, -0.25) is 9.69 Å². The lowest BCUT2D eigenvalue weighted by molar-refractivity contribution is -0.132. The maximum atomic E-state index is 13.1. The molecular weight excluding hydrogens is 300 g/mol. The summed E-state index contributed by atoms with van der Waals surface area (Å²) in [4.78, 5) is 26.9. The van der Waals surface area contributed by atoms with Crippen LogP contribution in [0.2, 0.25) is 0 Å². The van der Waals surface area contributed by atoms with Crippen LogP contribution >= 0.6 is 0 Å². The fourth-order valence-electron chi connectivity index (χ4n) is 3.47. The predicted octanol–water partition coefficient (Wildman–Crippen LogP) is 3.66. The zero-order valence-corrected chi connectivity index (χ0v) is 14.3. The molecule has 4 nitrogen and oxygen atoms in total. The molecule has 4 heteroatoms. The van der Waals surface area contributed by atoms with E-state index in [4.69, 9.17) is 0 Å². The fourth-order valence-corrected chi connectivity index (χ4v) is 3.47. The number of hydrogen-bond acceptors (Lipinski definition) is 2. The molecule has 3 amide bonds. The van der Waals surface area contributed by atoms with Gasteiger partial charge in [0.1, 0.15) is 5.54 Å². The van der Waals surface area contributed by atoms with Crippen LogP contribution in [0, 0.1) is 13.8 Å². The van der Waals surface area contributed by atoms with Crippen LogP contribution in [-0.2, 0) is 16.9 Å². The Kier molecular flexibility index (Phi) is 4.14. The summed E-state index contributed by atoms with van der Waals surface area (Å²) in [6.07, 6.45) is 0.519. The molecule has 2 aromatic rings. The van der Waals surface area contributed by atoms with Crippen molar-refractivity contribution in [2.24, 2.45) is 0 Å². The topological polar surface area (TPSA) is 49.4 Å². The van der Waals surface area contributed by atoms with Crippen molar-refractivity contribution in [1.29, 1.82) is 0 Å². The molecule has 3 rings (SSSR count). The van der Waals surface area contributed by atoms with Gasteiger partial charge in [0, 0.05) is 0 Å². The number of amides is 3. The lowest BCUT2D eigenvalue weighted by Crippen LogP contribution is -2.43. The van der Waals surface area contributed by atoms with Gasteiger partial charge in [-0.2, -0.15) is 0 Å². The van der Waals surface area contributed by atoms with Crippen molar-refractivity contribution < 1.29 is 9.59 Å². The molecule has 0 spiro atoms. The number of imide groups is 1. The average molecular weight is 322 g/mol. The average Bonchev–Trinajstić information content (AvgIpc) is 2.80. The number of carbonyl (C=O) groups excluding carboxylic acids is 2. The van der Waals surface area contributed by atoms with Crippen LogP contribution in [0.15, 0.2) is 48.5 Å². The number of urea groups is 1. The van der Waals surface area contributed by atoms with Crippen molar-refractivity contribution in [3.8, 4) is 0 Å². The molecule has 1 N–H and O–H groups in total. The van der Waals surface area contributed by atoms with Gasteiger partial charge in [-0.1, -0.05) is 66.6 Å². The smallest absolute Gasteiger partial charge is 0.319 e. The van der Waals surface area contributed by atoms with Crippen LogP contribution in [0.5, 0.6) is 0 Å². The second-order valence-electron chi connectivity index (χ2n) is 6.44. The molecule has 124 valence electrons. The molecule has 1 atom stereocenters. The molecule has 1 aliphatic heterocycles. The third kappa shape index (κ3) is 2.68. The molecule has 1 fully saturated rings. The van der Waals surface area contributed by atoms with E-state index in [1.165, 1.54) is 4.90 Å². The highest BCUT2D eigenvalue weighted by molar-refractivity contribution is 6.07. The summed E-state index contributed by atoms with van der Waals surface area (Å²) in [6, 6.07) is 15.2. The number of rotatable bonds is 4. The first-order valence-electron chi connectivity index (χ1n) is 8.23. The summed E-state index contributed by atoms with van der Waals surface area (Å²) >= 11 is 0. The Labute approximate surface area is 142 Å². The molecule has 0 unspecified atom stereocenters. The predicted molar refractivity (Wildman–Crippen MR) is 93.4 cm³/mol. The van der Waals surface area contributed by atoms with Crippen LogP contribution in [0.1, 0.15) is 35.6 Å². The summed E-state index contributed by atoms with van der Waals surface area (Å²) in [6.45, 7) is 6.25. The lowest BCUT2D eigenvalue weighted by atomic mass is 9.87. The van der Waals surface area contributed by atoms with Crippen molar-refractivity contribution >= 4 is 11.9 Å². The second-order valence-corrected chi connectivity index (χ2v) is 6.44. The highest BCUT2D eigenvalue weighted by Crippen LogP contribution is 2.33. The lowest BCUT2D eigenvalue weighted by Gasteiger charge is -2.25. The monoisotopic (exact) mass is 322 g/mol. The van der Waals surface area contributed by atoms with Crippen molar-refractivity contribution in [3.05, 3.63) is 70.8 Å². The van der Waals surface area contributed by atoms with Crippen LogP contribution in [0.4, 0.5) is 4.79 Å². The SMILES string of the molecule is CC[C@]1(c2ccccc2)NC(=O)N(Cc2cc(C)cc(C)c2)C1=O. The normalized spacial score (nSPS) is 20.4. The molecule has 0 aromatic heterocycles. The number of benzene rings is 2. The number of carbonyl (C=O) groups is 2. The Morgan fingerprint density at radius 3 is 2.21 bits per heavy atom. The zero-order chi connectivity index (χ0) is 17.3. The third-order valence-corrected chi connectivity index (χ3v) is 4.59. The molecular formula is C20H22N2O2. The largest absolute Gasteiger partial charge is 0.325 e. The maximum Gasteiger partial charge on any atom is 0.325 e. The molecule has 0 aliphatic carbocycles. The van der Waals surface area contributed by atoms with Crippen molar-refractivity contribution in [1.82, 2.24) is 10.2 Å². The molecule has 1 aliphatic rings. The number of nitrogens with one attached hydrogen (secondary N) is 1. The number of aryl methyl sites for hydroxylation is 2. The van der Waals surface area contributed by atoms with Gasteiger partial charge >= 0.3 is 6.03 Å². The Hall–Kier alpha value is -2.62. The molecule has 1 saturated heterocycles. The first kappa shape index (κ1) is 16.2. The summed E-state index contributed by atoms with van der Waals surface area (Å²) in [5, 5.41) is 2.92. The first-order chi connectivity index (χ1) is 11.5. The minimum absolute atomic E-state index is 0.180. The van der Waals surface area contributed by atoms with Gasteiger partial charge in [0.05, 0.1) is 6.54 Å². The van der Waals surface area contributed by atoms with Gasteiger partial charge < -0.3 is 5.32 Å². The van der Waals surface area contributed by atoms with Crippen molar-refractivity contribution in [2.45, 2.75) is 39.3 Å². The van der Waals surface area contributed by atoms with Gasteiger partial charge in [-0.05, 0) is 31.4 Å². The van der Waals surface area contributed by atoms with Gasteiger partial charge in [0.2, 0.25) is 0 Å². The molecule has 0 saturated carbocycles. The van der Waals surface area contributed by atoms with Crippen LogP contribution < -0.4 is 5.32 Å². The van der Waals surface area contributed by atoms with E-state index in [0.29, 0.717) is 13.0 Å². The van der Waals surface area contributed by atoms with E-state index in [0.717, 1.165) is 22.3 Å². The second kappa shape index (κ2) is 6.11. The Morgan fingerprint density at radius 2 is 1.62 bits per heavy atom. The van der Waals surface area contributed by atoms with Gasteiger partial charge in [0.25, 0.3) is 5.91 Å². The van der Waals surface area contributed by atoms with E-state index in [2.05, 4.69) is 11.4 Å². The van der Waals surface area contributed by atoms with E-state index >= 15 is 0 Å². The summed E-state index contributed by atoms with van der Waals surface area (Å²) in [5.74, 6) is -0.180. The molecule has 0 bridgehead atoms. The Bertz CT molecular complexity index is 765.